The summed E-state index contributed by atoms with van der Waals surface area (Å²) >= 11 is 5.92. The molecule has 0 aliphatic carbocycles. The smallest absolute Gasteiger partial charge is 0.333 e. The van der Waals surface area contributed by atoms with Gasteiger partial charge in [-0.15, -0.1) is 0 Å². The molecule has 0 saturated carbocycles. The Morgan fingerprint density at radius 3 is 2.65 bits per heavy atom. The van der Waals surface area contributed by atoms with Crippen molar-refractivity contribution in [2.75, 3.05) is 12.0 Å². The number of amides is 3. The van der Waals surface area contributed by atoms with Crippen molar-refractivity contribution in [1.29, 1.82) is 0 Å². The first-order valence-electron chi connectivity index (χ1n) is 6.86. The molecule has 0 bridgehead atoms. The highest BCUT2D eigenvalue weighted by molar-refractivity contribution is 6.32. The average molecular weight is 329 g/mol. The number of carbonyl (C=O) groups excluding carboxylic acids is 2. The second kappa shape index (κ2) is 6.14. The zero-order valence-corrected chi connectivity index (χ0v) is 13.0. The topological polar surface area (TPSA) is 58.6 Å². The van der Waals surface area contributed by atoms with Crippen LogP contribution < -0.4 is 15.0 Å². The van der Waals surface area contributed by atoms with E-state index in [1.807, 2.05) is 12.1 Å². The van der Waals surface area contributed by atoms with Gasteiger partial charge in [0.1, 0.15) is 11.4 Å². The fraction of sp³-hybridized carbons (Fsp3) is 0.0588. The lowest BCUT2D eigenvalue weighted by Gasteiger charge is -2.11. The van der Waals surface area contributed by atoms with E-state index in [0.29, 0.717) is 22.0 Å². The molecule has 116 valence electrons. The molecule has 0 unspecified atom stereocenters. The summed E-state index contributed by atoms with van der Waals surface area (Å²) in [6, 6.07) is 13.3. The van der Waals surface area contributed by atoms with E-state index in [-0.39, 0.29) is 5.70 Å². The molecule has 1 fully saturated rings. The fourth-order valence-electron chi connectivity index (χ4n) is 2.33. The van der Waals surface area contributed by atoms with E-state index in [1.165, 1.54) is 0 Å². The van der Waals surface area contributed by atoms with Gasteiger partial charge in [-0.25, -0.2) is 9.69 Å². The molecule has 1 heterocycles. The van der Waals surface area contributed by atoms with Gasteiger partial charge in [0.2, 0.25) is 0 Å². The number of carbonyl (C=O) groups is 2. The van der Waals surface area contributed by atoms with Crippen LogP contribution in [0.5, 0.6) is 5.75 Å². The van der Waals surface area contributed by atoms with Crippen LogP contribution in [0.1, 0.15) is 5.56 Å². The molecule has 3 rings (SSSR count). The van der Waals surface area contributed by atoms with Gasteiger partial charge in [-0.05, 0) is 30.3 Å². The normalized spacial score (nSPS) is 15.9. The molecular formula is C17H13ClN2O3. The third-order valence-electron chi connectivity index (χ3n) is 3.38. The Kier molecular flexibility index (Phi) is 4.04. The van der Waals surface area contributed by atoms with Gasteiger partial charge in [-0.3, -0.25) is 4.79 Å². The molecule has 23 heavy (non-hydrogen) atoms. The highest BCUT2D eigenvalue weighted by Gasteiger charge is 2.35. The molecule has 1 N–H and O–H groups in total. The number of ether oxygens (including phenoxy) is 1. The Balaban J connectivity index is 1.97. The van der Waals surface area contributed by atoms with Crippen molar-refractivity contribution in [3.8, 4) is 5.75 Å². The Morgan fingerprint density at radius 2 is 1.91 bits per heavy atom. The fourth-order valence-corrected chi connectivity index (χ4v) is 2.51. The van der Waals surface area contributed by atoms with E-state index in [4.69, 9.17) is 16.3 Å². The number of imide groups is 1. The molecule has 1 saturated heterocycles. The summed E-state index contributed by atoms with van der Waals surface area (Å²) in [6.45, 7) is 0. The molecule has 1 aliphatic rings. The van der Waals surface area contributed by atoms with Crippen LogP contribution in [0.3, 0.4) is 0 Å². The van der Waals surface area contributed by atoms with Gasteiger partial charge in [-0.2, -0.15) is 0 Å². The van der Waals surface area contributed by atoms with E-state index < -0.39 is 11.9 Å². The summed E-state index contributed by atoms with van der Waals surface area (Å²) < 4.78 is 5.25. The molecule has 0 spiro atoms. The molecule has 3 amide bonds. The lowest BCUT2D eigenvalue weighted by molar-refractivity contribution is -0.113. The number of nitrogens with one attached hydrogen (secondary N) is 1. The van der Waals surface area contributed by atoms with Crippen LogP contribution >= 0.6 is 11.6 Å². The number of rotatable bonds is 3. The number of halogens is 1. The molecular weight excluding hydrogens is 316 g/mol. The van der Waals surface area contributed by atoms with Crippen LogP contribution in [-0.4, -0.2) is 19.0 Å². The van der Waals surface area contributed by atoms with E-state index in [1.54, 1.807) is 49.6 Å². The predicted molar refractivity (Wildman–Crippen MR) is 88.4 cm³/mol. The molecule has 2 aromatic rings. The van der Waals surface area contributed by atoms with E-state index in [9.17, 15) is 9.59 Å². The summed E-state index contributed by atoms with van der Waals surface area (Å²) in [5.74, 6) is 0.173. The Hall–Kier alpha value is -2.79. The van der Waals surface area contributed by atoms with Crippen LogP contribution in [-0.2, 0) is 4.79 Å². The van der Waals surface area contributed by atoms with Crippen molar-refractivity contribution >= 4 is 35.3 Å². The zero-order chi connectivity index (χ0) is 16.4. The molecule has 6 heteroatoms. The summed E-state index contributed by atoms with van der Waals surface area (Å²) in [6.07, 6.45) is 1.59. The minimum atomic E-state index is -0.515. The molecule has 0 radical (unpaired) electrons. The van der Waals surface area contributed by atoms with Gasteiger partial charge in [0.25, 0.3) is 5.91 Å². The number of methoxy groups -OCH3 is 1. The van der Waals surface area contributed by atoms with Gasteiger partial charge in [0.15, 0.2) is 0 Å². The van der Waals surface area contributed by atoms with Gasteiger partial charge in [0, 0.05) is 10.6 Å². The zero-order valence-electron chi connectivity index (χ0n) is 12.2. The van der Waals surface area contributed by atoms with Crippen molar-refractivity contribution in [2.45, 2.75) is 0 Å². The summed E-state index contributed by atoms with van der Waals surface area (Å²) in [4.78, 5) is 25.7. The van der Waals surface area contributed by atoms with Gasteiger partial charge >= 0.3 is 6.03 Å². The third kappa shape index (κ3) is 2.91. The highest BCUT2D eigenvalue weighted by atomic mass is 35.5. The number of para-hydroxylation sites is 1. The SMILES string of the molecule is COc1ccccc1C=C1NC(=O)N(c2cccc(Cl)c2)C1=O. The third-order valence-corrected chi connectivity index (χ3v) is 3.62. The standard InChI is InChI=1S/C17H13ClN2O3/c1-23-15-8-3-2-5-11(15)9-14-16(21)20(17(22)19-14)13-7-4-6-12(18)10-13/h2-10H,1H3,(H,19,22). The van der Waals surface area contributed by atoms with Gasteiger partial charge in [0.05, 0.1) is 12.8 Å². The van der Waals surface area contributed by atoms with Crippen molar-refractivity contribution in [2.24, 2.45) is 0 Å². The van der Waals surface area contributed by atoms with Crippen LogP contribution in [0.2, 0.25) is 5.02 Å². The number of hydrogen-bond donors (Lipinski definition) is 1. The maximum atomic E-state index is 12.5. The van der Waals surface area contributed by atoms with E-state index in [2.05, 4.69) is 5.32 Å². The molecule has 0 aromatic heterocycles. The Morgan fingerprint density at radius 1 is 1.13 bits per heavy atom. The first-order valence-corrected chi connectivity index (χ1v) is 7.23. The lowest BCUT2D eigenvalue weighted by Crippen LogP contribution is -2.30. The molecule has 5 nitrogen and oxygen atoms in total. The minimum absolute atomic E-state index is 0.180. The highest BCUT2D eigenvalue weighted by Crippen LogP contribution is 2.26. The number of nitrogens with zero attached hydrogens (tertiary/aromatic N) is 1. The van der Waals surface area contributed by atoms with Crippen molar-refractivity contribution in [3.63, 3.8) is 0 Å². The van der Waals surface area contributed by atoms with E-state index >= 15 is 0 Å². The number of hydrogen-bond acceptors (Lipinski definition) is 3. The first kappa shape index (κ1) is 15.1. The molecule has 2 aromatic carbocycles. The first-order chi connectivity index (χ1) is 11.1. The summed E-state index contributed by atoms with van der Waals surface area (Å²) in [5.41, 5.74) is 1.30. The Labute approximate surface area is 138 Å². The van der Waals surface area contributed by atoms with Gasteiger partial charge in [-0.1, -0.05) is 35.9 Å². The second-order valence-electron chi connectivity index (χ2n) is 4.85. The predicted octanol–water partition coefficient (Wildman–Crippen LogP) is 3.45. The monoisotopic (exact) mass is 328 g/mol. The Bertz CT molecular complexity index is 817. The molecule has 0 atom stereocenters. The summed E-state index contributed by atoms with van der Waals surface area (Å²) in [7, 11) is 1.55. The van der Waals surface area contributed by atoms with Crippen LogP contribution in [0.25, 0.3) is 6.08 Å². The largest absolute Gasteiger partial charge is 0.496 e. The molecule has 1 aliphatic heterocycles. The quantitative estimate of drug-likeness (QED) is 0.693. The van der Waals surface area contributed by atoms with Crippen LogP contribution in [0.15, 0.2) is 54.2 Å². The second-order valence-corrected chi connectivity index (χ2v) is 5.29. The van der Waals surface area contributed by atoms with Crippen molar-refractivity contribution < 1.29 is 14.3 Å². The summed E-state index contributed by atoms with van der Waals surface area (Å²) in [5, 5.41) is 3.02. The maximum absolute atomic E-state index is 12.5. The number of anilines is 1. The van der Waals surface area contributed by atoms with Crippen LogP contribution in [0, 0.1) is 0 Å². The lowest BCUT2D eigenvalue weighted by atomic mass is 10.1. The average Bonchev–Trinajstić information content (AvgIpc) is 2.82. The van der Waals surface area contributed by atoms with Gasteiger partial charge < -0.3 is 10.1 Å². The van der Waals surface area contributed by atoms with Crippen molar-refractivity contribution in [3.05, 3.63) is 64.8 Å². The minimum Gasteiger partial charge on any atom is -0.496 e. The van der Waals surface area contributed by atoms with Crippen LogP contribution in [0.4, 0.5) is 10.5 Å². The number of benzene rings is 2. The van der Waals surface area contributed by atoms with Crippen molar-refractivity contribution in [1.82, 2.24) is 5.32 Å². The maximum Gasteiger partial charge on any atom is 0.333 e. The number of urea groups is 1. The van der Waals surface area contributed by atoms with E-state index in [0.717, 1.165) is 4.90 Å².